The van der Waals surface area contributed by atoms with Gasteiger partial charge >= 0.3 is 0 Å². The van der Waals surface area contributed by atoms with Crippen LogP contribution in [0, 0.1) is 4.84 Å². The fraction of sp³-hybridized carbons (Fsp3) is 0.500. The average Bonchev–Trinajstić information content (AvgIpc) is 3.15. The Morgan fingerprint density at radius 1 is 1.40 bits per heavy atom. The summed E-state index contributed by atoms with van der Waals surface area (Å²) in [4.78, 5) is 2.34. The lowest BCUT2D eigenvalue weighted by atomic mass is 10.2. The van der Waals surface area contributed by atoms with Gasteiger partial charge in [0.25, 0.3) is 4.84 Å². The second kappa shape index (κ2) is 7.27. The topological polar surface area (TPSA) is 77.6 Å². The molecule has 0 amide bonds. The summed E-state index contributed by atoms with van der Waals surface area (Å²) in [6.45, 7) is 3.13. The van der Waals surface area contributed by atoms with Gasteiger partial charge in [0.1, 0.15) is 5.75 Å². The van der Waals surface area contributed by atoms with Crippen LogP contribution in [0.3, 0.4) is 0 Å². The summed E-state index contributed by atoms with van der Waals surface area (Å²) in [5, 5.41) is 4.44. The van der Waals surface area contributed by atoms with Crippen molar-refractivity contribution in [1.82, 2.24) is 14.7 Å². The number of benzene rings is 1. The highest BCUT2D eigenvalue weighted by atomic mass is 32.2. The molecule has 1 atom stereocenters. The molecule has 0 N–H and O–H groups in total. The second-order valence-electron chi connectivity index (χ2n) is 6.00. The van der Waals surface area contributed by atoms with Gasteiger partial charge in [-0.05, 0) is 49.4 Å². The summed E-state index contributed by atoms with van der Waals surface area (Å²) >= 11 is 5.27. The molecule has 7 nitrogen and oxygen atoms in total. The Labute approximate surface area is 152 Å². The van der Waals surface area contributed by atoms with Crippen LogP contribution < -0.4 is 4.74 Å². The zero-order valence-corrected chi connectivity index (χ0v) is 15.8. The molecule has 1 aliphatic heterocycles. The van der Waals surface area contributed by atoms with Crippen molar-refractivity contribution in [3.63, 3.8) is 0 Å². The Morgan fingerprint density at radius 2 is 2.12 bits per heavy atom. The molecule has 1 aliphatic rings. The molecule has 0 unspecified atom stereocenters. The Hall–Kier alpha value is -1.71. The first kappa shape index (κ1) is 18.1. The van der Waals surface area contributed by atoms with Crippen molar-refractivity contribution in [2.75, 3.05) is 25.2 Å². The summed E-state index contributed by atoms with van der Waals surface area (Å²) in [6.07, 6.45) is 0.646. The van der Waals surface area contributed by atoms with Crippen LogP contribution in [0.1, 0.15) is 13.3 Å². The van der Waals surface area contributed by atoms with Crippen molar-refractivity contribution in [3.05, 3.63) is 29.1 Å². The van der Waals surface area contributed by atoms with E-state index in [1.165, 1.54) is 0 Å². The first-order valence-electron chi connectivity index (χ1n) is 8.08. The molecule has 9 heteroatoms. The van der Waals surface area contributed by atoms with Gasteiger partial charge in [-0.25, -0.2) is 13.1 Å². The highest BCUT2D eigenvalue weighted by molar-refractivity contribution is 7.91. The molecule has 0 radical (unpaired) electrons. The first-order valence-corrected chi connectivity index (χ1v) is 10.3. The van der Waals surface area contributed by atoms with Crippen LogP contribution in [0.15, 0.2) is 28.7 Å². The van der Waals surface area contributed by atoms with Crippen LogP contribution in [0.25, 0.3) is 11.5 Å². The van der Waals surface area contributed by atoms with Gasteiger partial charge in [-0.15, -0.1) is 5.10 Å². The van der Waals surface area contributed by atoms with E-state index in [0.717, 1.165) is 11.3 Å². The fourth-order valence-corrected chi connectivity index (χ4v) is 4.89. The molecule has 0 saturated carbocycles. The van der Waals surface area contributed by atoms with Gasteiger partial charge in [0.05, 0.1) is 25.3 Å². The molecule has 136 valence electrons. The van der Waals surface area contributed by atoms with Gasteiger partial charge in [0.15, 0.2) is 9.84 Å². The van der Waals surface area contributed by atoms with Crippen molar-refractivity contribution in [3.8, 4) is 17.2 Å². The van der Waals surface area contributed by atoms with Crippen LogP contribution >= 0.6 is 12.2 Å². The Morgan fingerprint density at radius 3 is 2.68 bits per heavy atom. The Balaban J connectivity index is 1.78. The highest BCUT2D eigenvalue weighted by Gasteiger charge is 2.32. The predicted molar refractivity (Wildman–Crippen MR) is 96.8 cm³/mol. The van der Waals surface area contributed by atoms with E-state index in [0.29, 0.717) is 25.5 Å². The molecule has 2 aromatic rings. The van der Waals surface area contributed by atoms with Crippen molar-refractivity contribution in [2.24, 2.45) is 0 Å². The number of methoxy groups -OCH3 is 1. The minimum absolute atomic E-state index is 0.00182. The van der Waals surface area contributed by atoms with E-state index in [1.54, 1.807) is 11.8 Å². The number of ether oxygens (including phenoxy) is 1. The lowest BCUT2D eigenvalue weighted by Crippen LogP contribution is -2.37. The largest absolute Gasteiger partial charge is 0.497 e. The summed E-state index contributed by atoms with van der Waals surface area (Å²) in [5.74, 6) is 1.62. The SMILES string of the molecule is CCN(Cn1nc(-c2ccc(OC)cc2)oc1=S)[C@@H]1CCS(=O)(=O)C1. The second-order valence-corrected chi connectivity index (χ2v) is 8.58. The zero-order valence-electron chi connectivity index (χ0n) is 14.2. The molecule has 25 heavy (non-hydrogen) atoms. The molecule has 1 fully saturated rings. The number of hydrogen-bond donors (Lipinski definition) is 0. The summed E-state index contributed by atoms with van der Waals surface area (Å²) in [7, 11) is -1.32. The van der Waals surface area contributed by atoms with Gasteiger partial charge in [-0.1, -0.05) is 6.92 Å². The number of rotatable bonds is 6. The minimum Gasteiger partial charge on any atom is -0.497 e. The van der Waals surface area contributed by atoms with Crippen molar-refractivity contribution in [2.45, 2.75) is 26.1 Å². The van der Waals surface area contributed by atoms with Gasteiger partial charge < -0.3 is 9.15 Å². The Kier molecular flexibility index (Phi) is 5.26. The molecule has 3 rings (SSSR count). The quantitative estimate of drug-likeness (QED) is 0.709. The van der Waals surface area contributed by atoms with Crippen molar-refractivity contribution >= 4 is 22.1 Å². The maximum absolute atomic E-state index is 11.7. The molecule has 1 aromatic carbocycles. The summed E-state index contributed by atoms with van der Waals surface area (Å²) < 4.78 is 35.8. The van der Waals surface area contributed by atoms with E-state index in [-0.39, 0.29) is 22.4 Å². The van der Waals surface area contributed by atoms with Gasteiger partial charge in [0.2, 0.25) is 5.89 Å². The lowest BCUT2D eigenvalue weighted by Gasteiger charge is -2.25. The number of aromatic nitrogens is 2. The monoisotopic (exact) mass is 383 g/mol. The fourth-order valence-electron chi connectivity index (χ4n) is 2.95. The molecule has 0 bridgehead atoms. The van der Waals surface area contributed by atoms with Crippen LogP contribution in [0.4, 0.5) is 0 Å². The predicted octanol–water partition coefficient (Wildman–Crippen LogP) is 2.35. The van der Waals surface area contributed by atoms with Crippen molar-refractivity contribution < 1.29 is 17.6 Å². The maximum Gasteiger partial charge on any atom is 0.288 e. The number of sulfone groups is 1. The zero-order chi connectivity index (χ0) is 18.0. The van der Waals surface area contributed by atoms with Crippen LogP contribution in [0.5, 0.6) is 5.75 Å². The van der Waals surface area contributed by atoms with Crippen molar-refractivity contribution in [1.29, 1.82) is 0 Å². The third-order valence-electron chi connectivity index (χ3n) is 4.39. The van der Waals surface area contributed by atoms with E-state index >= 15 is 0 Å². The van der Waals surface area contributed by atoms with E-state index in [4.69, 9.17) is 21.4 Å². The third-order valence-corrected chi connectivity index (χ3v) is 6.43. The van der Waals surface area contributed by atoms with E-state index in [1.807, 2.05) is 31.2 Å². The van der Waals surface area contributed by atoms with Gasteiger partial charge in [-0.3, -0.25) is 4.90 Å². The summed E-state index contributed by atoms with van der Waals surface area (Å²) in [6, 6.07) is 7.36. The normalized spacial score (nSPS) is 19.4. The maximum atomic E-state index is 11.7. The van der Waals surface area contributed by atoms with E-state index in [9.17, 15) is 8.42 Å². The molecule has 0 spiro atoms. The third kappa shape index (κ3) is 4.10. The van der Waals surface area contributed by atoms with Crippen LogP contribution in [0.2, 0.25) is 0 Å². The lowest BCUT2D eigenvalue weighted by molar-refractivity contribution is 0.162. The number of hydrogen-bond acceptors (Lipinski definition) is 7. The molecule has 1 saturated heterocycles. The van der Waals surface area contributed by atoms with Crippen LogP contribution in [-0.2, 0) is 16.5 Å². The Bertz CT molecular complexity index is 887. The molecule has 1 aromatic heterocycles. The molecular weight excluding hydrogens is 362 g/mol. The molecule has 0 aliphatic carbocycles. The number of nitrogens with zero attached hydrogens (tertiary/aromatic N) is 3. The van der Waals surface area contributed by atoms with Gasteiger partial charge in [0, 0.05) is 11.6 Å². The van der Waals surface area contributed by atoms with E-state index in [2.05, 4.69) is 10.00 Å². The summed E-state index contributed by atoms with van der Waals surface area (Å²) in [5.41, 5.74) is 0.803. The van der Waals surface area contributed by atoms with Crippen LogP contribution in [-0.4, -0.2) is 54.3 Å². The minimum atomic E-state index is -2.93. The molecular formula is C16H21N3O4S2. The average molecular weight is 383 g/mol. The standard InChI is InChI=1S/C16H21N3O4S2/c1-3-18(13-8-9-25(20,21)10-13)11-19-16(24)23-15(17-19)12-4-6-14(22-2)7-5-12/h4-7,13H,3,8-11H2,1-2H3/t13-/m1/s1. The van der Waals surface area contributed by atoms with E-state index < -0.39 is 9.84 Å². The highest BCUT2D eigenvalue weighted by Crippen LogP contribution is 2.22. The smallest absolute Gasteiger partial charge is 0.288 e. The van der Waals surface area contributed by atoms with Gasteiger partial charge in [-0.2, -0.15) is 0 Å². The first-order chi connectivity index (χ1) is 11.9. The molecule has 2 heterocycles.